The van der Waals surface area contributed by atoms with Crippen molar-refractivity contribution in [1.82, 2.24) is 10.2 Å². The molecule has 5 nitrogen and oxygen atoms in total. The Hall–Kier alpha value is -2.12. The number of rotatable bonds is 7. The standard InChI is InChI=1S/C22H25BrClFN2O3/c1-14(21(29)26-22(2,3)4)27(12-15-7-5-6-8-18(15)25)20(28)13-30-19-10-9-16(24)11-17(19)23/h5-11,14H,12-13H2,1-4H3,(H,26,29)/t14-/m0/s1. The molecule has 8 heteroatoms. The van der Waals surface area contributed by atoms with E-state index in [4.69, 9.17) is 16.3 Å². The third-order valence-electron chi connectivity index (χ3n) is 4.21. The molecule has 1 N–H and O–H groups in total. The molecular weight excluding hydrogens is 475 g/mol. The summed E-state index contributed by atoms with van der Waals surface area (Å²) >= 11 is 9.26. The van der Waals surface area contributed by atoms with Gasteiger partial charge in [0.25, 0.3) is 5.91 Å². The third kappa shape index (κ3) is 6.99. The van der Waals surface area contributed by atoms with Gasteiger partial charge in [0.05, 0.1) is 4.47 Å². The summed E-state index contributed by atoms with van der Waals surface area (Å²) < 4.78 is 20.4. The van der Waals surface area contributed by atoms with Gasteiger partial charge in [0, 0.05) is 22.7 Å². The van der Waals surface area contributed by atoms with Gasteiger partial charge in [-0.25, -0.2) is 4.39 Å². The molecule has 0 aliphatic heterocycles. The number of amides is 2. The van der Waals surface area contributed by atoms with Crippen molar-refractivity contribution in [3.05, 3.63) is 63.3 Å². The van der Waals surface area contributed by atoms with Crippen molar-refractivity contribution < 1.29 is 18.7 Å². The Morgan fingerprint density at radius 1 is 1.23 bits per heavy atom. The number of benzene rings is 2. The summed E-state index contributed by atoms with van der Waals surface area (Å²) in [7, 11) is 0. The average Bonchev–Trinajstić information content (AvgIpc) is 2.64. The molecule has 0 heterocycles. The minimum Gasteiger partial charge on any atom is -0.483 e. The lowest BCUT2D eigenvalue weighted by Gasteiger charge is -2.31. The molecule has 1 atom stereocenters. The van der Waals surface area contributed by atoms with Crippen molar-refractivity contribution >= 4 is 39.3 Å². The number of halogens is 3. The zero-order valence-corrected chi connectivity index (χ0v) is 19.7. The van der Waals surface area contributed by atoms with Gasteiger partial charge < -0.3 is 15.0 Å². The fraction of sp³-hybridized carbons (Fsp3) is 0.364. The van der Waals surface area contributed by atoms with Gasteiger partial charge in [-0.2, -0.15) is 0 Å². The van der Waals surface area contributed by atoms with E-state index in [1.165, 1.54) is 11.0 Å². The molecule has 0 aliphatic carbocycles. The van der Waals surface area contributed by atoms with Gasteiger partial charge >= 0.3 is 0 Å². The Labute approximate surface area is 189 Å². The Morgan fingerprint density at radius 2 is 1.90 bits per heavy atom. The normalized spacial score (nSPS) is 12.2. The van der Waals surface area contributed by atoms with E-state index in [0.29, 0.717) is 20.8 Å². The molecule has 2 amide bonds. The zero-order chi connectivity index (χ0) is 22.5. The highest BCUT2D eigenvalue weighted by atomic mass is 79.9. The van der Waals surface area contributed by atoms with Crippen molar-refractivity contribution in [3.8, 4) is 5.75 Å². The Bertz CT molecular complexity index is 917. The van der Waals surface area contributed by atoms with Crippen LogP contribution in [0.3, 0.4) is 0 Å². The topological polar surface area (TPSA) is 58.6 Å². The van der Waals surface area contributed by atoms with Crippen molar-refractivity contribution in [1.29, 1.82) is 0 Å². The van der Waals surface area contributed by atoms with Crippen LogP contribution < -0.4 is 10.1 Å². The molecule has 162 valence electrons. The van der Waals surface area contributed by atoms with E-state index in [1.54, 1.807) is 43.3 Å². The van der Waals surface area contributed by atoms with Crippen LogP contribution in [0.5, 0.6) is 5.75 Å². The van der Waals surface area contributed by atoms with Crippen LogP contribution in [0.25, 0.3) is 0 Å². The maximum atomic E-state index is 14.2. The van der Waals surface area contributed by atoms with Gasteiger partial charge in [0.1, 0.15) is 17.6 Å². The highest BCUT2D eigenvalue weighted by Gasteiger charge is 2.29. The zero-order valence-electron chi connectivity index (χ0n) is 17.3. The number of nitrogens with one attached hydrogen (secondary N) is 1. The Balaban J connectivity index is 2.21. The largest absolute Gasteiger partial charge is 0.483 e. The fourth-order valence-corrected chi connectivity index (χ4v) is 3.48. The summed E-state index contributed by atoms with van der Waals surface area (Å²) in [5, 5.41) is 3.38. The maximum Gasteiger partial charge on any atom is 0.261 e. The molecule has 0 saturated carbocycles. The first-order valence-electron chi connectivity index (χ1n) is 9.40. The molecule has 2 rings (SSSR count). The molecule has 0 saturated heterocycles. The lowest BCUT2D eigenvalue weighted by atomic mass is 10.1. The molecule has 0 bridgehead atoms. The predicted molar refractivity (Wildman–Crippen MR) is 119 cm³/mol. The quantitative estimate of drug-likeness (QED) is 0.586. The third-order valence-corrected chi connectivity index (χ3v) is 5.06. The van der Waals surface area contributed by atoms with Crippen LogP contribution in [0.4, 0.5) is 4.39 Å². The number of hydrogen-bond donors (Lipinski definition) is 1. The summed E-state index contributed by atoms with van der Waals surface area (Å²) in [6.45, 7) is 6.78. The van der Waals surface area contributed by atoms with Crippen LogP contribution in [-0.2, 0) is 16.1 Å². The first-order chi connectivity index (χ1) is 14.0. The van der Waals surface area contributed by atoms with E-state index < -0.39 is 23.3 Å². The Morgan fingerprint density at radius 3 is 2.50 bits per heavy atom. The van der Waals surface area contributed by atoms with Crippen molar-refractivity contribution in [2.45, 2.75) is 45.8 Å². The first kappa shape index (κ1) is 24.2. The van der Waals surface area contributed by atoms with Crippen molar-refractivity contribution in [2.75, 3.05) is 6.61 Å². The summed E-state index contributed by atoms with van der Waals surface area (Å²) in [5.41, 5.74) is -0.156. The summed E-state index contributed by atoms with van der Waals surface area (Å²) in [6, 6.07) is 10.3. The van der Waals surface area contributed by atoms with Crippen molar-refractivity contribution in [2.24, 2.45) is 0 Å². The van der Waals surface area contributed by atoms with E-state index >= 15 is 0 Å². The van der Waals surface area contributed by atoms with Crippen LogP contribution in [0.2, 0.25) is 5.02 Å². The summed E-state index contributed by atoms with van der Waals surface area (Å²) in [5.74, 6) is -0.790. The van der Waals surface area contributed by atoms with Gasteiger partial charge in [-0.05, 0) is 67.9 Å². The number of carbonyl (C=O) groups is 2. The molecule has 2 aromatic carbocycles. The number of hydrogen-bond acceptors (Lipinski definition) is 3. The van der Waals surface area contributed by atoms with Crippen LogP contribution in [-0.4, -0.2) is 34.9 Å². The molecule has 0 aliphatic rings. The molecule has 2 aromatic rings. The second-order valence-electron chi connectivity index (χ2n) is 7.89. The van der Waals surface area contributed by atoms with E-state index in [1.807, 2.05) is 20.8 Å². The van der Waals surface area contributed by atoms with E-state index in [9.17, 15) is 14.0 Å². The average molecular weight is 500 g/mol. The number of nitrogens with zero attached hydrogens (tertiary/aromatic N) is 1. The molecular formula is C22H25BrClFN2O3. The second-order valence-corrected chi connectivity index (χ2v) is 9.18. The second kappa shape index (κ2) is 10.3. The molecule has 30 heavy (non-hydrogen) atoms. The smallest absolute Gasteiger partial charge is 0.261 e. The summed E-state index contributed by atoms with van der Waals surface area (Å²) in [6.07, 6.45) is 0. The minimum absolute atomic E-state index is 0.0601. The lowest BCUT2D eigenvalue weighted by molar-refractivity contribution is -0.142. The van der Waals surface area contributed by atoms with Gasteiger partial charge in [-0.15, -0.1) is 0 Å². The van der Waals surface area contributed by atoms with Crippen LogP contribution in [0.15, 0.2) is 46.9 Å². The predicted octanol–water partition coefficient (Wildman–Crippen LogP) is 4.95. The van der Waals surface area contributed by atoms with Crippen LogP contribution in [0.1, 0.15) is 33.3 Å². The highest BCUT2D eigenvalue weighted by Crippen LogP contribution is 2.28. The number of carbonyl (C=O) groups excluding carboxylic acids is 2. The lowest BCUT2D eigenvalue weighted by Crippen LogP contribution is -2.53. The van der Waals surface area contributed by atoms with E-state index in [-0.39, 0.29) is 19.1 Å². The van der Waals surface area contributed by atoms with Gasteiger partial charge in [-0.3, -0.25) is 9.59 Å². The highest BCUT2D eigenvalue weighted by molar-refractivity contribution is 9.10. The van der Waals surface area contributed by atoms with Gasteiger partial charge in [-0.1, -0.05) is 29.8 Å². The van der Waals surface area contributed by atoms with Crippen LogP contribution >= 0.6 is 27.5 Å². The Kier molecular flexibility index (Phi) is 8.26. The van der Waals surface area contributed by atoms with E-state index in [0.717, 1.165) is 0 Å². The minimum atomic E-state index is -0.825. The SMILES string of the molecule is C[C@@H](C(=O)NC(C)(C)C)N(Cc1ccccc1F)C(=O)COc1ccc(Cl)cc1Br. The maximum absolute atomic E-state index is 14.2. The van der Waals surface area contributed by atoms with Crippen molar-refractivity contribution in [3.63, 3.8) is 0 Å². The monoisotopic (exact) mass is 498 g/mol. The fourth-order valence-electron chi connectivity index (χ4n) is 2.68. The molecule has 0 radical (unpaired) electrons. The summed E-state index contributed by atoms with van der Waals surface area (Å²) in [4.78, 5) is 27.0. The molecule has 0 aromatic heterocycles. The first-order valence-corrected chi connectivity index (χ1v) is 10.6. The van der Waals surface area contributed by atoms with Crippen LogP contribution in [0, 0.1) is 5.82 Å². The molecule has 0 unspecified atom stereocenters. The number of ether oxygens (including phenoxy) is 1. The molecule has 0 spiro atoms. The van der Waals surface area contributed by atoms with Gasteiger partial charge in [0.2, 0.25) is 5.91 Å². The van der Waals surface area contributed by atoms with E-state index in [2.05, 4.69) is 21.2 Å². The van der Waals surface area contributed by atoms with Gasteiger partial charge in [0.15, 0.2) is 6.61 Å². The molecule has 0 fully saturated rings.